The van der Waals surface area contributed by atoms with Gasteiger partial charge < -0.3 is 25.2 Å². The molecule has 1 aliphatic carbocycles. The van der Waals surface area contributed by atoms with Crippen molar-refractivity contribution in [3.8, 4) is 5.75 Å². The van der Waals surface area contributed by atoms with Gasteiger partial charge in [0.2, 0.25) is 5.91 Å². The fourth-order valence-electron chi connectivity index (χ4n) is 4.82. The van der Waals surface area contributed by atoms with E-state index < -0.39 is 41.4 Å². The summed E-state index contributed by atoms with van der Waals surface area (Å²) >= 11 is 0. The second-order valence-electron chi connectivity index (χ2n) is 10.5. The Bertz CT molecular complexity index is 1460. The number of benzene rings is 2. The van der Waals surface area contributed by atoms with E-state index in [0.717, 1.165) is 11.6 Å². The van der Waals surface area contributed by atoms with Crippen molar-refractivity contribution in [3.05, 3.63) is 89.0 Å². The number of pyridine rings is 1. The van der Waals surface area contributed by atoms with Crippen molar-refractivity contribution in [1.82, 2.24) is 10.3 Å². The van der Waals surface area contributed by atoms with Crippen LogP contribution in [-0.4, -0.2) is 46.8 Å². The highest BCUT2D eigenvalue weighted by Gasteiger charge is 2.64. The Labute approximate surface area is 239 Å². The number of alkyl halides is 3. The second-order valence-corrected chi connectivity index (χ2v) is 10.5. The van der Waals surface area contributed by atoms with Gasteiger partial charge in [-0.15, -0.1) is 0 Å². The van der Waals surface area contributed by atoms with E-state index in [9.17, 15) is 27.9 Å². The van der Waals surface area contributed by atoms with Crippen LogP contribution in [0.5, 0.6) is 5.75 Å². The van der Waals surface area contributed by atoms with Crippen LogP contribution in [0.3, 0.4) is 0 Å². The predicted octanol–water partition coefficient (Wildman–Crippen LogP) is 4.80. The van der Waals surface area contributed by atoms with Crippen LogP contribution in [-0.2, 0) is 28.2 Å². The molecule has 3 aromatic rings. The molecule has 0 spiro atoms. The first-order chi connectivity index (χ1) is 20.0. The number of halogens is 4. The molecular weight excluding hydrogens is 558 g/mol. The number of aliphatic hydroxyl groups is 1. The molecule has 0 atom stereocenters. The molecule has 2 fully saturated rings. The van der Waals surface area contributed by atoms with E-state index in [-0.39, 0.29) is 60.5 Å². The van der Waals surface area contributed by atoms with E-state index in [0.29, 0.717) is 13.2 Å². The fraction of sp³-hybridized carbons (Fsp3) is 0.367. The van der Waals surface area contributed by atoms with Gasteiger partial charge in [0.1, 0.15) is 29.4 Å². The molecule has 0 bridgehead atoms. The van der Waals surface area contributed by atoms with Gasteiger partial charge >= 0.3 is 6.18 Å². The van der Waals surface area contributed by atoms with Crippen molar-refractivity contribution in [1.29, 1.82) is 0 Å². The lowest BCUT2D eigenvalue weighted by molar-refractivity contribution is -0.163. The minimum absolute atomic E-state index is 0.00264. The monoisotopic (exact) mass is 587 g/mol. The maximum absolute atomic E-state index is 15.3. The molecule has 1 saturated carbocycles. The van der Waals surface area contributed by atoms with Crippen molar-refractivity contribution < 1.29 is 41.7 Å². The van der Waals surface area contributed by atoms with E-state index in [1.807, 2.05) is 35.6 Å². The van der Waals surface area contributed by atoms with Gasteiger partial charge in [0, 0.05) is 49.1 Å². The number of carbonyl (C=O) groups is 2. The first kappa shape index (κ1) is 29.5. The van der Waals surface area contributed by atoms with Crippen molar-refractivity contribution in [2.45, 2.75) is 56.0 Å². The second kappa shape index (κ2) is 11.7. The molecule has 1 aromatic heterocycles. The maximum Gasteiger partial charge on any atom is 0.411 e. The van der Waals surface area contributed by atoms with Crippen LogP contribution >= 0.6 is 0 Å². The fourth-order valence-corrected chi connectivity index (χ4v) is 4.82. The van der Waals surface area contributed by atoms with E-state index in [4.69, 9.17) is 9.47 Å². The summed E-state index contributed by atoms with van der Waals surface area (Å²) < 4.78 is 66.4. The first-order valence-electron chi connectivity index (χ1n) is 13.4. The van der Waals surface area contributed by atoms with Gasteiger partial charge in [0.05, 0.1) is 12.0 Å². The van der Waals surface area contributed by atoms with Gasteiger partial charge in [-0.25, -0.2) is 4.39 Å². The number of nitrogens with zero attached hydrogens (tertiary/aromatic N) is 1. The van der Waals surface area contributed by atoms with Crippen LogP contribution in [0.4, 0.5) is 23.2 Å². The molecule has 0 unspecified atom stereocenters. The summed E-state index contributed by atoms with van der Waals surface area (Å²) in [6.45, 7) is 0.738. The number of hydrogen-bond acceptors (Lipinski definition) is 6. The Kier molecular flexibility index (Phi) is 8.20. The summed E-state index contributed by atoms with van der Waals surface area (Å²) in [4.78, 5) is 29.1. The molecule has 222 valence electrons. The Hall–Kier alpha value is -4.03. The normalized spacial score (nSPS) is 17.3. The lowest BCUT2D eigenvalue weighted by Crippen LogP contribution is -2.48. The van der Waals surface area contributed by atoms with E-state index in [2.05, 4.69) is 10.3 Å². The number of anilines is 1. The quantitative estimate of drug-likeness (QED) is 0.310. The molecule has 0 radical (unpaired) electrons. The summed E-state index contributed by atoms with van der Waals surface area (Å²) in [6, 6.07) is 14.3. The summed E-state index contributed by atoms with van der Waals surface area (Å²) in [7, 11) is 0. The third-order valence-electron chi connectivity index (χ3n) is 7.48. The van der Waals surface area contributed by atoms with Crippen LogP contribution in [0.15, 0.2) is 60.8 Å². The van der Waals surface area contributed by atoms with E-state index >= 15 is 4.39 Å². The number of hydrogen-bond donors (Lipinski definition) is 3. The molecule has 2 aliphatic rings. The minimum Gasteiger partial charge on any atom is -0.488 e. The Morgan fingerprint density at radius 3 is 2.40 bits per heavy atom. The highest BCUT2D eigenvalue weighted by molar-refractivity contribution is 5.96. The largest absolute Gasteiger partial charge is 0.488 e. The van der Waals surface area contributed by atoms with Crippen LogP contribution in [0.1, 0.15) is 52.9 Å². The molecule has 2 aromatic carbocycles. The van der Waals surface area contributed by atoms with Crippen molar-refractivity contribution in [2.24, 2.45) is 0 Å². The summed E-state index contributed by atoms with van der Waals surface area (Å²) in [5, 5.41) is 15.8. The Morgan fingerprint density at radius 1 is 1.02 bits per heavy atom. The van der Waals surface area contributed by atoms with Gasteiger partial charge in [-0.3, -0.25) is 14.6 Å². The van der Waals surface area contributed by atoms with Crippen LogP contribution in [0, 0.1) is 5.82 Å². The highest BCUT2D eigenvalue weighted by atomic mass is 19.4. The number of nitrogens with one attached hydrogen (secondary N) is 2. The smallest absolute Gasteiger partial charge is 0.411 e. The van der Waals surface area contributed by atoms with Gasteiger partial charge in [-0.05, 0) is 42.7 Å². The standard InChI is InChI=1S/C30H29F4N3O5/c31-23-17-22(28(40)9-12-41-13-10-28)25(42-18-19-4-2-1-3-5-19)14-20(23)15-26(38)36-21-6-11-35-24(16-21)27(39)37-29(7-8-29)30(32,33)34/h1-6,11,14,16-17,40H,7-10,12-13,15,18H2,(H,37,39)(H,35,36,38). The van der Waals surface area contributed by atoms with Crippen LogP contribution < -0.4 is 15.4 Å². The Morgan fingerprint density at radius 2 is 1.74 bits per heavy atom. The van der Waals surface area contributed by atoms with E-state index in [1.54, 1.807) is 0 Å². The summed E-state index contributed by atoms with van der Waals surface area (Å²) in [6.07, 6.45) is -3.77. The highest BCUT2D eigenvalue weighted by Crippen LogP contribution is 2.49. The van der Waals surface area contributed by atoms with Crippen molar-refractivity contribution in [2.75, 3.05) is 18.5 Å². The molecule has 5 rings (SSSR count). The number of amides is 2. The molecular formula is C30H29F4N3O5. The van der Waals surface area contributed by atoms with Crippen LogP contribution in [0.2, 0.25) is 0 Å². The molecule has 2 heterocycles. The van der Waals surface area contributed by atoms with Crippen LogP contribution in [0.25, 0.3) is 0 Å². The lowest BCUT2D eigenvalue weighted by Gasteiger charge is -2.34. The maximum atomic E-state index is 15.3. The molecule has 3 N–H and O–H groups in total. The van der Waals surface area contributed by atoms with Gasteiger partial charge in [-0.1, -0.05) is 30.3 Å². The average Bonchev–Trinajstić information content (AvgIpc) is 3.75. The minimum atomic E-state index is -4.59. The molecule has 1 aliphatic heterocycles. The van der Waals surface area contributed by atoms with Crippen molar-refractivity contribution >= 4 is 17.5 Å². The molecule has 8 nitrogen and oxygen atoms in total. The third kappa shape index (κ3) is 6.55. The SMILES string of the molecule is O=C(Cc1cc(OCc2ccccc2)c(C2(O)CCOCC2)cc1F)Nc1ccnc(C(=O)NC2(C(F)(F)F)CC2)c1. The number of rotatable bonds is 9. The molecule has 12 heteroatoms. The van der Waals surface area contributed by atoms with Gasteiger partial charge in [0.25, 0.3) is 5.91 Å². The number of aromatic nitrogens is 1. The molecule has 2 amide bonds. The lowest BCUT2D eigenvalue weighted by atomic mass is 9.85. The average molecular weight is 588 g/mol. The van der Waals surface area contributed by atoms with Gasteiger partial charge in [0.15, 0.2) is 0 Å². The number of carbonyl (C=O) groups excluding carboxylic acids is 2. The zero-order valence-corrected chi connectivity index (χ0v) is 22.5. The predicted molar refractivity (Wildman–Crippen MR) is 143 cm³/mol. The van der Waals surface area contributed by atoms with E-state index in [1.165, 1.54) is 24.4 Å². The topological polar surface area (TPSA) is 110 Å². The van der Waals surface area contributed by atoms with Gasteiger partial charge in [-0.2, -0.15) is 13.2 Å². The van der Waals surface area contributed by atoms with Crippen molar-refractivity contribution in [3.63, 3.8) is 0 Å². The first-order valence-corrected chi connectivity index (χ1v) is 13.4. The molecule has 1 saturated heterocycles. The number of ether oxygens (including phenoxy) is 2. The summed E-state index contributed by atoms with van der Waals surface area (Å²) in [5.74, 6) is -2.15. The summed E-state index contributed by atoms with van der Waals surface area (Å²) in [5.41, 5.74) is -2.71. The zero-order chi connectivity index (χ0) is 30.0. The zero-order valence-electron chi connectivity index (χ0n) is 22.5. The molecule has 42 heavy (non-hydrogen) atoms. The Balaban J connectivity index is 1.32. The third-order valence-corrected chi connectivity index (χ3v) is 7.48.